The number of methoxy groups -OCH3 is 1. The highest BCUT2D eigenvalue weighted by Gasteiger charge is 2.53. The molecule has 132 valence electrons. The van der Waals surface area contributed by atoms with Crippen LogP contribution in [0.4, 0.5) is 0 Å². The minimum absolute atomic E-state index is 0.235. The Kier molecular flexibility index (Phi) is 5.22. The molecule has 1 spiro atoms. The van der Waals surface area contributed by atoms with Gasteiger partial charge in [0.1, 0.15) is 0 Å². The summed E-state index contributed by atoms with van der Waals surface area (Å²) in [4.78, 5) is 0. The molecule has 0 saturated heterocycles. The maximum Gasteiger partial charge on any atom is 0.0921 e. The molecule has 0 aliphatic heterocycles. The number of benzene rings is 2. The van der Waals surface area contributed by atoms with Gasteiger partial charge in [0.05, 0.1) is 20.4 Å². The van der Waals surface area contributed by atoms with Crippen LogP contribution in [-0.2, 0) is 9.26 Å². The van der Waals surface area contributed by atoms with Crippen molar-refractivity contribution < 1.29 is 9.26 Å². The first-order valence-corrected chi connectivity index (χ1v) is 10.7. The van der Waals surface area contributed by atoms with Gasteiger partial charge in [0.2, 0.25) is 0 Å². The van der Waals surface area contributed by atoms with Gasteiger partial charge in [0.15, 0.2) is 0 Å². The summed E-state index contributed by atoms with van der Waals surface area (Å²) in [5.74, 6) is 0. The standard InChI is InChI=1S/C22H27O2P/c1-23-20-14-8-16-22(20)17-9-15-21(22)24-25(18-10-4-2-5-11-18)19-12-6-3-7-13-19/h2-7,10-13,20-21H,8-9,14-17H2,1H3. The molecule has 0 heterocycles. The Morgan fingerprint density at radius 2 is 1.32 bits per heavy atom. The Morgan fingerprint density at radius 1 is 0.800 bits per heavy atom. The Hall–Kier alpha value is -1.21. The molecule has 4 rings (SSSR count). The van der Waals surface area contributed by atoms with Crippen LogP contribution >= 0.6 is 8.15 Å². The van der Waals surface area contributed by atoms with Crippen LogP contribution in [0.1, 0.15) is 38.5 Å². The van der Waals surface area contributed by atoms with E-state index in [1.807, 2.05) is 7.11 Å². The molecule has 25 heavy (non-hydrogen) atoms. The van der Waals surface area contributed by atoms with Crippen LogP contribution in [0, 0.1) is 5.41 Å². The highest BCUT2D eigenvalue weighted by Crippen LogP contribution is 2.56. The maximum absolute atomic E-state index is 6.94. The lowest BCUT2D eigenvalue weighted by atomic mass is 9.80. The highest BCUT2D eigenvalue weighted by molar-refractivity contribution is 7.68. The van der Waals surface area contributed by atoms with Gasteiger partial charge in [0.25, 0.3) is 0 Å². The van der Waals surface area contributed by atoms with Gasteiger partial charge in [0, 0.05) is 23.1 Å². The molecule has 2 aromatic rings. The molecule has 2 nitrogen and oxygen atoms in total. The number of hydrogen-bond donors (Lipinski definition) is 0. The van der Waals surface area contributed by atoms with Crippen molar-refractivity contribution in [1.29, 1.82) is 0 Å². The third-order valence-electron chi connectivity index (χ3n) is 6.00. The molecule has 0 bridgehead atoms. The molecule has 2 aliphatic carbocycles. The van der Waals surface area contributed by atoms with Crippen LogP contribution in [0.15, 0.2) is 60.7 Å². The van der Waals surface area contributed by atoms with E-state index >= 15 is 0 Å². The number of rotatable bonds is 5. The molecule has 2 fully saturated rings. The van der Waals surface area contributed by atoms with Gasteiger partial charge in [-0.1, -0.05) is 73.5 Å². The summed E-state index contributed by atoms with van der Waals surface area (Å²) < 4.78 is 12.8. The summed E-state index contributed by atoms with van der Waals surface area (Å²) in [6.45, 7) is 0. The molecular weight excluding hydrogens is 327 g/mol. The van der Waals surface area contributed by atoms with E-state index in [9.17, 15) is 0 Å². The lowest BCUT2D eigenvalue weighted by Crippen LogP contribution is -2.40. The average Bonchev–Trinajstić information content (AvgIpc) is 3.28. The van der Waals surface area contributed by atoms with E-state index < -0.39 is 8.15 Å². The molecule has 2 aliphatic rings. The minimum Gasteiger partial charge on any atom is -0.381 e. The van der Waals surface area contributed by atoms with Gasteiger partial charge < -0.3 is 9.26 Å². The van der Waals surface area contributed by atoms with Crippen LogP contribution in [-0.4, -0.2) is 19.3 Å². The van der Waals surface area contributed by atoms with Crippen LogP contribution in [0.3, 0.4) is 0 Å². The fraction of sp³-hybridized carbons (Fsp3) is 0.455. The molecule has 0 N–H and O–H groups in total. The normalized spacial score (nSPS) is 28.9. The molecular formula is C22H27O2P. The zero-order chi connectivity index (χ0) is 17.1. The lowest BCUT2D eigenvalue weighted by molar-refractivity contribution is -0.0378. The molecule has 0 radical (unpaired) electrons. The topological polar surface area (TPSA) is 18.5 Å². The van der Waals surface area contributed by atoms with E-state index in [0.29, 0.717) is 12.2 Å². The first kappa shape index (κ1) is 17.2. The van der Waals surface area contributed by atoms with E-state index in [0.717, 1.165) is 0 Å². The van der Waals surface area contributed by atoms with Gasteiger partial charge in [-0.15, -0.1) is 0 Å². The fourth-order valence-electron chi connectivity index (χ4n) is 4.82. The quantitative estimate of drug-likeness (QED) is 0.719. The highest BCUT2D eigenvalue weighted by atomic mass is 31.1. The minimum atomic E-state index is -0.784. The van der Waals surface area contributed by atoms with Gasteiger partial charge in [-0.2, -0.15) is 0 Å². The predicted octanol–water partition coefficient (Wildman–Crippen LogP) is 4.79. The van der Waals surface area contributed by atoms with E-state index in [2.05, 4.69) is 60.7 Å². The Balaban J connectivity index is 1.65. The van der Waals surface area contributed by atoms with Crippen molar-refractivity contribution in [3.8, 4) is 0 Å². The first-order valence-electron chi connectivity index (χ1n) is 9.43. The molecule has 3 unspecified atom stereocenters. The van der Waals surface area contributed by atoms with Crippen molar-refractivity contribution in [2.45, 2.75) is 50.7 Å². The Bertz CT molecular complexity index is 631. The molecule has 0 amide bonds. The second-order valence-corrected chi connectivity index (χ2v) is 9.13. The SMILES string of the molecule is COC1CCCC12CCCC2OP(c1ccccc1)c1ccccc1. The molecule has 3 atom stereocenters. The zero-order valence-corrected chi connectivity index (χ0v) is 15.8. The fourth-order valence-corrected chi connectivity index (χ4v) is 6.82. The molecule has 3 heteroatoms. The summed E-state index contributed by atoms with van der Waals surface area (Å²) >= 11 is 0. The Labute approximate surface area is 152 Å². The lowest BCUT2D eigenvalue weighted by Gasteiger charge is -2.38. The Morgan fingerprint density at radius 3 is 1.84 bits per heavy atom. The third-order valence-corrected chi connectivity index (χ3v) is 8.00. The van der Waals surface area contributed by atoms with Crippen molar-refractivity contribution >= 4 is 18.8 Å². The predicted molar refractivity (Wildman–Crippen MR) is 105 cm³/mol. The molecule has 2 aromatic carbocycles. The van der Waals surface area contributed by atoms with Crippen molar-refractivity contribution in [3.05, 3.63) is 60.7 Å². The van der Waals surface area contributed by atoms with Crippen molar-refractivity contribution in [2.75, 3.05) is 7.11 Å². The summed E-state index contributed by atoms with van der Waals surface area (Å²) in [6.07, 6.45) is 8.06. The summed E-state index contributed by atoms with van der Waals surface area (Å²) in [5.41, 5.74) is 0.235. The number of ether oxygens (including phenoxy) is 1. The van der Waals surface area contributed by atoms with Gasteiger partial charge in [-0.05, 0) is 25.7 Å². The maximum atomic E-state index is 6.94. The summed E-state index contributed by atoms with van der Waals surface area (Å²) in [7, 11) is 1.10. The second kappa shape index (κ2) is 7.58. The van der Waals surface area contributed by atoms with Gasteiger partial charge >= 0.3 is 0 Å². The summed E-state index contributed by atoms with van der Waals surface area (Å²) in [6, 6.07) is 21.5. The van der Waals surface area contributed by atoms with Crippen LogP contribution in [0.25, 0.3) is 0 Å². The van der Waals surface area contributed by atoms with Gasteiger partial charge in [-0.25, -0.2) is 0 Å². The largest absolute Gasteiger partial charge is 0.381 e. The van der Waals surface area contributed by atoms with Gasteiger partial charge in [-0.3, -0.25) is 0 Å². The average molecular weight is 354 g/mol. The number of hydrogen-bond acceptors (Lipinski definition) is 2. The van der Waals surface area contributed by atoms with Crippen molar-refractivity contribution in [1.82, 2.24) is 0 Å². The van der Waals surface area contributed by atoms with E-state index in [-0.39, 0.29) is 5.41 Å². The van der Waals surface area contributed by atoms with Crippen molar-refractivity contribution in [3.63, 3.8) is 0 Å². The smallest absolute Gasteiger partial charge is 0.0921 e. The van der Waals surface area contributed by atoms with E-state index in [1.165, 1.54) is 49.1 Å². The zero-order valence-electron chi connectivity index (χ0n) is 14.9. The molecule has 2 saturated carbocycles. The first-order chi connectivity index (χ1) is 12.3. The van der Waals surface area contributed by atoms with Crippen LogP contribution in [0.2, 0.25) is 0 Å². The summed E-state index contributed by atoms with van der Waals surface area (Å²) in [5, 5.41) is 2.61. The van der Waals surface area contributed by atoms with Crippen LogP contribution in [0.5, 0.6) is 0 Å². The monoisotopic (exact) mass is 354 g/mol. The third kappa shape index (κ3) is 3.28. The second-order valence-electron chi connectivity index (χ2n) is 7.30. The van der Waals surface area contributed by atoms with E-state index in [1.54, 1.807) is 0 Å². The van der Waals surface area contributed by atoms with Crippen LogP contribution < -0.4 is 10.6 Å². The van der Waals surface area contributed by atoms with E-state index in [4.69, 9.17) is 9.26 Å². The van der Waals surface area contributed by atoms with Crippen molar-refractivity contribution in [2.24, 2.45) is 5.41 Å². The molecule has 0 aromatic heterocycles.